The maximum absolute atomic E-state index is 11.1. The second-order valence-electron chi connectivity index (χ2n) is 2.61. The fourth-order valence-electron chi connectivity index (χ4n) is 0.854. The smallest absolute Gasteiger partial charge is 0.254 e. The molecule has 4 N–H and O–H groups in total. The number of amides is 1. The molecule has 0 saturated heterocycles. The highest BCUT2D eigenvalue weighted by molar-refractivity contribution is 5.94. The van der Waals surface area contributed by atoms with Gasteiger partial charge in [-0.1, -0.05) is 18.2 Å². The Hall–Kier alpha value is -1.39. The average Bonchev–Trinajstić information content (AvgIpc) is 2.18. The minimum Gasteiger partial charge on any atom is -0.382 e. The van der Waals surface area contributed by atoms with Gasteiger partial charge >= 0.3 is 0 Å². The molecule has 0 bridgehead atoms. The van der Waals surface area contributed by atoms with Crippen molar-refractivity contribution in [1.82, 2.24) is 0 Å². The first kappa shape index (κ1) is 9.70. The maximum Gasteiger partial charge on any atom is 0.254 e. The predicted molar refractivity (Wildman–Crippen MR) is 50.1 cm³/mol. The molecule has 1 atom stereocenters. The molecule has 0 fully saturated rings. The van der Waals surface area contributed by atoms with E-state index < -0.39 is 12.0 Å². The van der Waals surface area contributed by atoms with E-state index in [9.17, 15) is 4.79 Å². The summed E-state index contributed by atoms with van der Waals surface area (Å²) in [6.07, 6.45) is -1.14. The number of anilines is 1. The Kier molecular flexibility index (Phi) is 3.42. The summed E-state index contributed by atoms with van der Waals surface area (Å²) >= 11 is 0. The normalized spacial score (nSPS) is 12.2. The summed E-state index contributed by atoms with van der Waals surface area (Å²) in [6.45, 7) is -0.0708. The Balaban J connectivity index is 2.55. The van der Waals surface area contributed by atoms with Gasteiger partial charge in [-0.2, -0.15) is 0 Å². The van der Waals surface area contributed by atoms with E-state index >= 15 is 0 Å². The van der Waals surface area contributed by atoms with Crippen molar-refractivity contribution < 1.29 is 9.90 Å². The van der Waals surface area contributed by atoms with E-state index in [2.05, 4.69) is 5.32 Å². The molecule has 0 aromatic heterocycles. The van der Waals surface area contributed by atoms with Crippen LogP contribution >= 0.6 is 0 Å². The van der Waals surface area contributed by atoms with Crippen molar-refractivity contribution in [2.45, 2.75) is 6.10 Å². The second kappa shape index (κ2) is 4.59. The molecule has 0 heterocycles. The number of nitrogens with one attached hydrogen (secondary N) is 1. The van der Waals surface area contributed by atoms with E-state index in [1.165, 1.54) is 0 Å². The lowest BCUT2D eigenvalue weighted by Gasteiger charge is -2.08. The number of rotatable bonds is 3. The largest absolute Gasteiger partial charge is 0.382 e. The summed E-state index contributed by atoms with van der Waals surface area (Å²) in [5.74, 6) is -0.478. The molecule has 1 amide bonds. The molecular weight excluding hydrogens is 168 g/mol. The summed E-state index contributed by atoms with van der Waals surface area (Å²) in [4.78, 5) is 11.1. The van der Waals surface area contributed by atoms with Crippen molar-refractivity contribution in [3.63, 3.8) is 0 Å². The maximum atomic E-state index is 11.1. The van der Waals surface area contributed by atoms with E-state index in [0.717, 1.165) is 0 Å². The molecule has 0 unspecified atom stereocenters. The van der Waals surface area contributed by atoms with E-state index in [0.29, 0.717) is 5.69 Å². The van der Waals surface area contributed by atoms with Crippen LogP contribution in [0.5, 0.6) is 0 Å². The zero-order chi connectivity index (χ0) is 9.68. The molecular formula is C9H12N2O2. The number of aliphatic hydroxyl groups excluding tert-OH is 1. The lowest BCUT2D eigenvalue weighted by molar-refractivity contribution is -0.123. The van der Waals surface area contributed by atoms with Gasteiger partial charge < -0.3 is 16.2 Å². The van der Waals surface area contributed by atoms with E-state index in [-0.39, 0.29) is 6.54 Å². The monoisotopic (exact) mass is 180 g/mol. The third-order valence-corrected chi connectivity index (χ3v) is 1.57. The number of hydrogen-bond donors (Lipinski definition) is 3. The second-order valence-corrected chi connectivity index (χ2v) is 2.61. The van der Waals surface area contributed by atoms with Crippen LogP contribution in [0.4, 0.5) is 5.69 Å². The Morgan fingerprint density at radius 2 is 2.08 bits per heavy atom. The molecule has 0 aliphatic rings. The van der Waals surface area contributed by atoms with Gasteiger partial charge in [0.2, 0.25) is 0 Å². The predicted octanol–water partition coefficient (Wildman–Crippen LogP) is -0.0553. The molecule has 70 valence electrons. The molecule has 1 aromatic rings. The van der Waals surface area contributed by atoms with Crippen LogP contribution in [0.3, 0.4) is 0 Å². The van der Waals surface area contributed by atoms with Gasteiger partial charge in [0, 0.05) is 12.2 Å². The van der Waals surface area contributed by atoms with E-state index in [1.54, 1.807) is 24.3 Å². The minimum atomic E-state index is -1.14. The molecule has 4 heteroatoms. The van der Waals surface area contributed by atoms with Crippen molar-refractivity contribution >= 4 is 11.6 Å². The topological polar surface area (TPSA) is 75.3 Å². The van der Waals surface area contributed by atoms with Crippen LogP contribution in [0.25, 0.3) is 0 Å². The van der Waals surface area contributed by atoms with Gasteiger partial charge in [-0.3, -0.25) is 4.79 Å². The van der Waals surface area contributed by atoms with Gasteiger partial charge in [0.05, 0.1) is 0 Å². The summed E-state index contributed by atoms with van der Waals surface area (Å²) in [5, 5.41) is 11.6. The molecule has 13 heavy (non-hydrogen) atoms. The number of aliphatic hydroxyl groups is 1. The number of carbonyl (C=O) groups excluding carboxylic acids is 1. The lowest BCUT2D eigenvalue weighted by atomic mass is 10.3. The fraction of sp³-hybridized carbons (Fsp3) is 0.222. The zero-order valence-corrected chi connectivity index (χ0v) is 7.10. The van der Waals surface area contributed by atoms with Crippen LogP contribution in [0.15, 0.2) is 30.3 Å². The van der Waals surface area contributed by atoms with E-state index in [4.69, 9.17) is 10.8 Å². The first-order valence-electron chi connectivity index (χ1n) is 3.98. The Morgan fingerprint density at radius 3 is 2.62 bits per heavy atom. The number of carbonyl (C=O) groups is 1. The number of nitrogens with two attached hydrogens (primary N) is 1. The standard InChI is InChI=1S/C9H12N2O2/c10-6-8(12)9(13)11-7-4-2-1-3-5-7/h1-5,8,12H,6,10H2,(H,11,13)/t8-/m1/s1. The van der Waals surface area contributed by atoms with Crippen LogP contribution in [-0.4, -0.2) is 23.7 Å². The van der Waals surface area contributed by atoms with Crippen molar-refractivity contribution in [2.75, 3.05) is 11.9 Å². The van der Waals surface area contributed by atoms with Crippen molar-refractivity contribution in [3.05, 3.63) is 30.3 Å². The van der Waals surface area contributed by atoms with Gasteiger partial charge in [0.15, 0.2) is 0 Å². The lowest BCUT2D eigenvalue weighted by Crippen LogP contribution is -2.34. The van der Waals surface area contributed by atoms with Crippen LogP contribution in [-0.2, 0) is 4.79 Å². The molecule has 0 aliphatic heterocycles. The SMILES string of the molecule is NC[C@@H](O)C(=O)Nc1ccccc1. The number of hydrogen-bond acceptors (Lipinski definition) is 3. The minimum absolute atomic E-state index is 0.0708. The number of para-hydroxylation sites is 1. The Labute approximate surface area is 76.4 Å². The summed E-state index contributed by atoms with van der Waals surface area (Å²) in [5.41, 5.74) is 5.77. The van der Waals surface area contributed by atoms with Crippen LogP contribution in [0, 0.1) is 0 Å². The van der Waals surface area contributed by atoms with Gasteiger partial charge in [-0.15, -0.1) is 0 Å². The molecule has 1 rings (SSSR count). The highest BCUT2D eigenvalue weighted by atomic mass is 16.3. The molecule has 0 radical (unpaired) electrons. The van der Waals surface area contributed by atoms with Crippen molar-refractivity contribution in [3.8, 4) is 0 Å². The Bertz CT molecular complexity index is 274. The van der Waals surface area contributed by atoms with Crippen molar-refractivity contribution in [1.29, 1.82) is 0 Å². The highest BCUT2D eigenvalue weighted by Crippen LogP contribution is 2.04. The highest BCUT2D eigenvalue weighted by Gasteiger charge is 2.11. The third kappa shape index (κ3) is 2.85. The first-order chi connectivity index (χ1) is 6.24. The first-order valence-corrected chi connectivity index (χ1v) is 3.98. The van der Waals surface area contributed by atoms with E-state index in [1.807, 2.05) is 6.07 Å². The van der Waals surface area contributed by atoms with Gasteiger partial charge in [0.25, 0.3) is 5.91 Å². The summed E-state index contributed by atoms with van der Waals surface area (Å²) < 4.78 is 0. The third-order valence-electron chi connectivity index (χ3n) is 1.57. The van der Waals surface area contributed by atoms with Crippen molar-refractivity contribution in [2.24, 2.45) is 5.73 Å². The quantitative estimate of drug-likeness (QED) is 0.610. The molecule has 0 spiro atoms. The van der Waals surface area contributed by atoms with Crippen LogP contribution < -0.4 is 11.1 Å². The Morgan fingerprint density at radius 1 is 1.46 bits per heavy atom. The summed E-state index contributed by atoms with van der Waals surface area (Å²) in [7, 11) is 0. The fourth-order valence-corrected chi connectivity index (χ4v) is 0.854. The number of benzene rings is 1. The van der Waals surface area contributed by atoms with Gasteiger partial charge in [-0.25, -0.2) is 0 Å². The molecule has 0 saturated carbocycles. The molecule has 4 nitrogen and oxygen atoms in total. The molecule has 1 aromatic carbocycles. The van der Waals surface area contributed by atoms with Crippen LogP contribution in [0.1, 0.15) is 0 Å². The van der Waals surface area contributed by atoms with Gasteiger partial charge in [0.1, 0.15) is 6.10 Å². The van der Waals surface area contributed by atoms with Crippen LogP contribution in [0.2, 0.25) is 0 Å². The molecule has 0 aliphatic carbocycles. The summed E-state index contributed by atoms with van der Waals surface area (Å²) in [6, 6.07) is 8.91. The zero-order valence-electron chi connectivity index (χ0n) is 7.10. The van der Waals surface area contributed by atoms with Gasteiger partial charge in [-0.05, 0) is 12.1 Å². The average molecular weight is 180 g/mol.